The predicted octanol–water partition coefficient (Wildman–Crippen LogP) is 3.75. The smallest absolute Gasteiger partial charge is 0.133 e. The minimum atomic E-state index is -0.470. The predicted molar refractivity (Wildman–Crippen MR) is 62.8 cm³/mol. The first-order valence-corrected chi connectivity index (χ1v) is 5.19. The second kappa shape index (κ2) is 3.86. The monoisotopic (exact) mass is 211 g/mol. The van der Waals surface area contributed by atoms with Crippen LogP contribution in [-0.4, -0.2) is 0 Å². The van der Waals surface area contributed by atoms with Gasteiger partial charge in [-0.15, -0.1) is 0 Å². The Morgan fingerprint density at radius 2 is 2.00 bits per heavy atom. The molecule has 2 heteroatoms. The highest BCUT2D eigenvalue weighted by Crippen LogP contribution is 2.27. The van der Waals surface area contributed by atoms with E-state index in [0.29, 0.717) is 0 Å². The summed E-state index contributed by atoms with van der Waals surface area (Å²) in [5.74, 6) is 0.829. The molecule has 1 aromatic heterocycles. The molecule has 1 heterocycles. The van der Waals surface area contributed by atoms with Crippen LogP contribution in [0.2, 0.25) is 0 Å². The Morgan fingerprint density at radius 1 is 1.19 bits per heavy atom. The van der Waals surface area contributed by atoms with E-state index in [2.05, 4.69) is 6.07 Å². The molecule has 16 heavy (non-hydrogen) atoms. The van der Waals surface area contributed by atoms with Crippen molar-refractivity contribution < 1.29 is 4.42 Å². The highest BCUT2D eigenvalue weighted by atomic mass is 16.3. The molecule has 0 saturated carbocycles. The minimum absolute atomic E-state index is 0.470. The standard InChI is InChI=1S/C14H13NO/c1-14(2,10-15)12-6-3-5-11(9-12)13-7-4-8-16-13/h3-9H,1-2H3. The summed E-state index contributed by atoms with van der Waals surface area (Å²) in [7, 11) is 0. The summed E-state index contributed by atoms with van der Waals surface area (Å²) < 4.78 is 5.34. The van der Waals surface area contributed by atoms with E-state index >= 15 is 0 Å². The van der Waals surface area contributed by atoms with E-state index in [9.17, 15) is 0 Å². The van der Waals surface area contributed by atoms with Crippen molar-refractivity contribution in [3.8, 4) is 17.4 Å². The molecule has 1 aromatic carbocycles. The van der Waals surface area contributed by atoms with Crippen LogP contribution in [0.5, 0.6) is 0 Å². The average Bonchev–Trinajstić information content (AvgIpc) is 2.83. The van der Waals surface area contributed by atoms with E-state index in [0.717, 1.165) is 16.9 Å². The molecule has 0 saturated heterocycles. The van der Waals surface area contributed by atoms with E-state index in [1.165, 1.54) is 0 Å². The van der Waals surface area contributed by atoms with Crippen LogP contribution in [0.4, 0.5) is 0 Å². The fourth-order valence-electron chi connectivity index (χ4n) is 1.57. The molecule has 0 N–H and O–H groups in total. The van der Waals surface area contributed by atoms with Gasteiger partial charge in [0.2, 0.25) is 0 Å². The number of rotatable bonds is 2. The highest BCUT2D eigenvalue weighted by molar-refractivity contribution is 5.59. The number of nitriles is 1. The van der Waals surface area contributed by atoms with Crippen molar-refractivity contribution in [3.63, 3.8) is 0 Å². The van der Waals surface area contributed by atoms with Crippen LogP contribution in [0, 0.1) is 11.3 Å². The summed E-state index contributed by atoms with van der Waals surface area (Å²) in [6, 6.07) is 14.0. The van der Waals surface area contributed by atoms with Crippen LogP contribution in [-0.2, 0) is 5.41 Å². The summed E-state index contributed by atoms with van der Waals surface area (Å²) in [5, 5.41) is 9.10. The molecule has 0 aliphatic carbocycles. The van der Waals surface area contributed by atoms with Crippen molar-refractivity contribution >= 4 is 0 Å². The van der Waals surface area contributed by atoms with Crippen LogP contribution in [0.25, 0.3) is 11.3 Å². The van der Waals surface area contributed by atoms with Gasteiger partial charge in [0.25, 0.3) is 0 Å². The Morgan fingerprint density at radius 3 is 2.62 bits per heavy atom. The molecule has 80 valence electrons. The van der Waals surface area contributed by atoms with Crippen molar-refractivity contribution in [2.75, 3.05) is 0 Å². The van der Waals surface area contributed by atoms with E-state index in [1.54, 1.807) is 6.26 Å². The summed E-state index contributed by atoms with van der Waals surface area (Å²) >= 11 is 0. The largest absolute Gasteiger partial charge is 0.464 e. The zero-order chi connectivity index (χ0) is 11.6. The van der Waals surface area contributed by atoms with Crippen molar-refractivity contribution in [1.82, 2.24) is 0 Å². The summed E-state index contributed by atoms with van der Waals surface area (Å²) in [5.41, 5.74) is 1.54. The first-order chi connectivity index (χ1) is 7.63. The lowest BCUT2D eigenvalue weighted by Crippen LogP contribution is -2.13. The van der Waals surface area contributed by atoms with Gasteiger partial charge in [-0.05, 0) is 37.6 Å². The SMILES string of the molecule is CC(C)(C#N)c1cccc(-c2ccco2)c1. The number of furan rings is 1. The van der Waals surface area contributed by atoms with Gasteiger partial charge in [0.15, 0.2) is 0 Å². The average molecular weight is 211 g/mol. The highest BCUT2D eigenvalue weighted by Gasteiger charge is 2.20. The van der Waals surface area contributed by atoms with E-state index < -0.39 is 5.41 Å². The Hall–Kier alpha value is -2.01. The fourth-order valence-corrected chi connectivity index (χ4v) is 1.57. The lowest BCUT2D eigenvalue weighted by molar-refractivity contribution is 0.582. The Kier molecular flexibility index (Phi) is 2.54. The number of nitrogens with zero attached hydrogens (tertiary/aromatic N) is 1. The number of benzene rings is 1. The van der Waals surface area contributed by atoms with Crippen LogP contribution >= 0.6 is 0 Å². The lowest BCUT2D eigenvalue weighted by Gasteiger charge is -2.16. The molecule has 0 amide bonds. The molecule has 2 aromatic rings. The topological polar surface area (TPSA) is 36.9 Å². The molecule has 0 radical (unpaired) electrons. The molecule has 0 atom stereocenters. The van der Waals surface area contributed by atoms with Crippen LogP contribution in [0.15, 0.2) is 47.1 Å². The zero-order valence-corrected chi connectivity index (χ0v) is 9.40. The quantitative estimate of drug-likeness (QED) is 0.758. The molecule has 2 rings (SSSR count). The Bertz CT molecular complexity index is 518. The first-order valence-electron chi connectivity index (χ1n) is 5.19. The molecule has 0 aliphatic heterocycles. The van der Waals surface area contributed by atoms with Gasteiger partial charge in [-0.25, -0.2) is 0 Å². The maximum absolute atomic E-state index is 9.10. The summed E-state index contributed by atoms with van der Waals surface area (Å²) in [6.45, 7) is 3.82. The second-order valence-electron chi connectivity index (χ2n) is 4.29. The van der Waals surface area contributed by atoms with Crippen LogP contribution < -0.4 is 0 Å². The number of hydrogen-bond acceptors (Lipinski definition) is 2. The summed E-state index contributed by atoms with van der Waals surface area (Å²) in [6.07, 6.45) is 1.65. The maximum Gasteiger partial charge on any atom is 0.133 e. The van der Waals surface area contributed by atoms with E-state index in [-0.39, 0.29) is 0 Å². The van der Waals surface area contributed by atoms with Crippen molar-refractivity contribution in [3.05, 3.63) is 48.2 Å². The second-order valence-corrected chi connectivity index (χ2v) is 4.29. The maximum atomic E-state index is 9.10. The third-order valence-electron chi connectivity index (χ3n) is 2.67. The Labute approximate surface area is 95.1 Å². The van der Waals surface area contributed by atoms with Gasteiger partial charge in [0.1, 0.15) is 5.76 Å². The van der Waals surface area contributed by atoms with Gasteiger partial charge < -0.3 is 4.42 Å². The van der Waals surface area contributed by atoms with Gasteiger partial charge in [0.05, 0.1) is 17.7 Å². The van der Waals surface area contributed by atoms with Crippen LogP contribution in [0.1, 0.15) is 19.4 Å². The molecule has 0 unspecified atom stereocenters. The summed E-state index contributed by atoms with van der Waals surface area (Å²) in [4.78, 5) is 0. The molecule has 0 spiro atoms. The van der Waals surface area contributed by atoms with Gasteiger partial charge >= 0.3 is 0 Å². The molecule has 0 fully saturated rings. The normalized spacial score (nSPS) is 11.1. The van der Waals surface area contributed by atoms with Gasteiger partial charge in [-0.1, -0.05) is 18.2 Å². The third-order valence-corrected chi connectivity index (χ3v) is 2.67. The molecular weight excluding hydrogens is 198 g/mol. The van der Waals surface area contributed by atoms with Crippen molar-refractivity contribution in [2.45, 2.75) is 19.3 Å². The fraction of sp³-hybridized carbons (Fsp3) is 0.214. The van der Waals surface area contributed by atoms with Crippen LogP contribution in [0.3, 0.4) is 0 Å². The lowest BCUT2D eigenvalue weighted by atomic mass is 9.85. The number of hydrogen-bond donors (Lipinski definition) is 0. The first kappa shape index (κ1) is 10.5. The minimum Gasteiger partial charge on any atom is -0.464 e. The molecule has 2 nitrogen and oxygen atoms in total. The molecule has 0 bridgehead atoms. The van der Waals surface area contributed by atoms with E-state index in [4.69, 9.17) is 9.68 Å². The molecule has 0 aliphatic rings. The Balaban J connectivity index is 2.46. The molecular formula is C14H13NO. The third kappa shape index (κ3) is 1.85. The van der Waals surface area contributed by atoms with Crippen molar-refractivity contribution in [2.24, 2.45) is 0 Å². The van der Waals surface area contributed by atoms with Gasteiger partial charge in [-0.3, -0.25) is 0 Å². The van der Waals surface area contributed by atoms with Gasteiger partial charge in [-0.2, -0.15) is 5.26 Å². The zero-order valence-electron chi connectivity index (χ0n) is 9.40. The van der Waals surface area contributed by atoms with Gasteiger partial charge in [0, 0.05) is 5.56 Å². The van der Waals surface area contributed by atoms with E-state index in [1.807, 2.05) is 50.2 Å². The van der Waals surface area contributed by atoms with Crippen molar-refractivity contribution in [1.29, 1.82) is 5.26 Å².